The first-order chi connectivity index (χ1) is 7.70. The standard InChI is InChI=1S/C11H14BrN3O/c1-8-7-13-5-6-15(8)11(16)10-9(12)3-2-4-14-10/h2-4,8,13H,5-7H2,1H3/t8-/m1/s1. The fourth-order valence-electron chi connectivity index (χ4n) is 1.82. The van der Waals surface area contributed by atoms with Gasteiger partial charge in [-0.25, -0.2) is 4.98 Å². The van der Waals surface area contributed by atoms with Gasteiger partial charge in [-0.2, -0.15) is 0 Å². The number of aromatic nitrogens is 1. The smallest absolute Gasteiger partial charge is 0.273 e. The molecule has 1 aromatic heterocycles. The molecule has 0 aromatic carbocycles. The molecule has 2 heterocycles. The second kappa shape index (κ2) is 4.93. The van der Waals surface area contributed by atoms with Crippen LogP contribution in [0.25, 0.3) is 0 Å². The average molecular weight is 284 g/mol. The number of hydrogen-bond donors (Lipinski definition) is 1. The van der Waals surface area contributed by atoms with Crippen molar-refractivity contribution in [3.8, 4) is 0 Å². The van der Waals surface area contributed by atoms with Crippen LogP contribution in [-0.4, -0.2) is 41.5 Å². The maximum Gasteiger partial charge on any atom is 0.273 e. The van der Waals surface area contributed by atoms with Crippen molar-refractivity contribution in [2.45, 2.75) is 13.0 Å². The number of amides is 1. The molecule has 1 aliphatic heterocycles. The Bertz CT molecular complexity index is 397. The number of halogens is 1. The van der Waals surface area contributed by atoms with Crippen molar-refractivity contribution in [3.05, 3.63) is 28.5 Å². The highest BCUT2D eigenvalue weighted by molar-refractivity contribution is 9.10. The summed E-state index contributed by atoms with van der Waals surface area (Å²) in [6.07, 6.45) is 1.64. The third-order valence-electron chi connectivity index (χ3n) is 2.72. The molecule has 0 aliphatic carbocycles. The van der Waals surface area contributed by atoms with E-state index in [9.17, 15) is 4.79 Å². The third-order valence-corrected chi connectivity index (χ3v) is 3.36. The van der Waals surface area contributed by atoms with Crippen LogP contribution in [0.4, 0.5) is 0 Å². The summed E-state index contributed by atoms with van der Waals surface area (Å²) in [6, 6.07) is 3.87. The highest BCUT2D eigenvalue weighted by Gasteiger charge is 2.25. The van der Waals surface area contributed by atoms with Gasteiger partial charge in [-0.15, -0.1) is 0 Å². The lowest BCUT2D eigenvalue weighted by Crippen LogP contribution is -2.52. The van der Waals surface area contributed by atoms with Gasteiger partial charge in [0.1, 0.15) is 5.69 Å². The highest BCUT2D eigenvalue weighted by Crippen LogP contribution is 2.17. The minimum absolute atomic E-state index is 0.00137. The Morgan fingerprint density at radius 3 is 3.19 bits per heavy atom. The van der Waals surface area contributed by atoms with E-state index in [1.165, 1.54) is 0 Å². The summed E-state index contributed by atoms with van der Waals surface area (Å²) >= 11 is 3.36. The number of piperazine rings is 1. The van der Waals surface area contributed by atoms with Gasteiger partial charge in [0.25, 0.3) is 5.91 Å². The molecule has 0 radical (unpaired) electrons. The van der Waals surface area contributed by atoms with E-state index >= 15 is 0 Å². The number of hydrogen-bond acceptors (Lipinski definition) is 3. The van der Waals surface area contributed by atoms with E-state index in [4.69, 9.17) is 0 Å². The van der Waals surface area contributed by atoms with Crippen LogP contribution >= 0.6 is 15.9 Å². The molecule has 0 unspecified atom stereocenters. The molecule has 1 amide bonds. The predicted molar refractivity (Wildman–Crippen MR) is 65.3 cm³/mol. The van der Waals surface area contributed by atoms with Crippen molar-refractivity contribution in [2.24, 2.45) is 0 Å². The van der Waals surface area contributed by atoms with Gasteiger partial charge in [0.15, 0.2) is 0 Å². The summed E-state index contributed by atoms with van der Waals surface area (Å²) in [5.41, 5.74) is 0.497. The van der Waals surface area contributed by atoms with Crippen LogP contribution in [0, 0.1) is 0 Å². The van der Waals surface area contributed by atoms with E-state index in [-0.39, 0.29) is 11.9 Å². The zero-order valence-corrected chi connectivity index (χ0v) is 10.7. The van der Waals surface area contributed by atoms with Gasteiger partial charge in [0.2, 0.25) is 0 Å². The highest BCUT2D eigenvalue weighted by atomic mass is 79.9. The molecule has 16 heavy (non-hydrogen) atoms. The van der Waals surface area contributed by atoms with E-state index in [1.807, 2.05) is 24.0 Å². The minimum Gasteiger partial charge on any atom is -0.332 e. The number of pyridine rings is 1. The summed E-state index contributed by atoms with van der Waals surface area (Å²) in [7, 11) is 0. The fraction of sp³-hybridized carbons (Fsp3) is 0.455. The molecule has 1 N–H and O–H groups in total. The van der Waals surface area contributed by atoms with Crippen LogP contribution in [-0.2, 0) is 0 Å². The van der Waals surface area contributed by atoms with Gasteiger partial charge in [0.05, 0.1) is 0 Å². The monoisotopic (exact) mass is 283 g/mol. The quantitative estimate of drug-likeness (QED) is 0.845. The van der Waals surface area contributed by atoms with Crippen molar-refractivity contribution in [1.82, 2.24) is 15.2 Å². The average Bonchev–Trinajstić information content (AvgIpc) is 2.29. The normalized spacial score (nSPS) is 20.9. The lowest BCUT2D eigenvalue weighted by atomic mass is 10.2. The third kappa shape index (κ3) is 2.25. The first kappa shape index (κ1) is 11.5. The van der Waals surface area contributed by atoms with Gasteiger partial charge in [-0.3, -0.25) is 4.79 Å². The maximum absolute atomic E-state index is 12.2. The second-order valence-electron chi connectivity index (χ2n) is 3.89. The lowest BCUT2D eigenvalue weighted by Gasteiger charge is -2.33. The Morgan fingerprint density at radius 1 is 1.69 bits per heavy atom. The molecule has 1 fully saturated rings. The number of carbonyl (C=O) groups excluding carboxylic acids is 1. The fourth-order valence-corrected chi connectivity index (χ4v) is 2.25. The number of nitrogens with zero attached hydrogens (tertiary/aromatic N) is 2. The summed E-state index contributed by atoms with van der Waals surface area (Å²) in [5, 5.41) is 3.26. The van der Waals surface area contributed by atoms with Crippen LogP contribution in [0.2, 0.25) is 0 Å². The Balaban J connectivity index is 2.21. The van der Waals surface area contributed by atoms with E-state index in [2.05, 4.69) is 26.2 Å². The van der Waals surface area contributed by atoms with Crippen molar-refractivity contribution in [2.75, 3.05) is 19.6 Å². The molecule has 0 bridgehead atoms. The Labute approximate surface area is 103 Å². The van der Waals surface area contributed by atoms with Crippen LogP contribution in [0.15, 0.2) is 22.8 Å². The summed E-state index contributed by atoms with van der Waals surface area (Å²) < 4.78 is 0.755. The SMILES string of the molecule is C[C@@H]1CNCCN1C(=O)c1ncccc1Br. The molecule has 5 heteroatoms. The number of rotatable bonds is 1. The zero-order valence-electron chi connectivity index (χ0n) is 9.11. The van der Waals surface area contributed by atoms with Gasteiger partial charge >= 0.3 is 0 Å². The molecular formula is C11H14BrN3O. The first-order valence-electron chi connectivity index (χ1n) is 5.32. The molecule has 1 aromatic rings. The molecule has 2 rings (SSSR count). The molecule has 1 saturated heterocycles. The molecular weight excluding hydrogens is 270 g/mol. The maximum atomic E-state index is 12.2. The van der Waals surface area contributed by atoms with Gasteiger partial charge in [0, 0.05) is 36.3 Å². The van der Waals surface area contributed by atoms with Crippen molar-refractivity contribution in [3.63, 3.8) is 0 Å². The van der Waals surface area contributed by atoms with Crippen molar-refractivity contribution >= 4 is 21.8 Å². The summed E-state index contributed by atoms with van der Waals surface area (Å²) in [4.78, 5) is 18.2. The molecule has 0 spiro atoms. The Hall–Kier alpha value is -0.940. The van der Waals surface area contributed by atoms with Gasteiger partial charge in [-0.05, 0) is 35.0 Å². The summed E-state index contributed by atoms with van der Waals surface area (Å²) in [5.74, 6) is 0.00137. The van der Waals surface area contributed by atoms with Crippen LogP contribution in [0.3, 0.4) is 0 Å². The largest absolute Gasteiger partial charge is 0.332 e. The van der Waals surface area contributed by atoms with Crippen LogP contribution < -0.4 is 5.32 Å². The minimum atomic E-state index is 0.00137. The van der Waals surface area contributed by atoms with E-state index in [0.29, 0.717) is 5.69 Å². The first-order valence-corrected chi connectivity index (χ1v) is 6.11. The molecule has 1 atom stereocenters. The molecule has 4 nitrogen and oxygen atoms in total. The van der Waals surface area contributed by atoms with E-state index < -0.39 is 0 Å². The molecule has 0 saturated carbocycles. The van der Waals surface area contributed by atoms with Crippen LogP contribution in [0.1, 0.15) is 17.4 Å². The van der Waals surface area contributed by atoms with Crippen molar-refractivity contribution in [1.29, 1.82) is 0 Å². The number of nitrogens with one attached hydrogen (secondary N) is 1. The van der Waals surface area contributed by atoms with E-state index in [0.717, 1.165) is 24.1 Å². The van der Waals surface area contributed by atoms with Crippen LogP contribution in [0.5, 0.6) is 0 Å². The van der Waals surface area contributed by atoms with Gasteiger partial charge in [-0.1, -0.05) is 0 Å². The molecule has 86 valence electrons. The van der Waals surface area contributed by atoms with E-state index in [1.54, 1.807) is 6.20 Å². The summed E-state index contributed by atoms with van der Waals surface area (Å²) in [6.45, 7) is 4.47. The topological polar surface area (TPSA) is 45.2 Å². The Morgan fingerprint density at radius 2 is 2.50 bits per heavy atom. The predicted octanol–water partition coefficient (Wildman–Crippen LogP) is 1.28. The van der Waals surface area contributed by atoms with Crippen molar-refractivity contribution < 1.29 is 4.79 Å². The Kier molecular flexibility index (Phi) is 3.56. The zero-order chi connectivity index (χ0) is 11.5. The number of carbonyl (C=O) groups is 1. The molecule has 1 aliphatic rings. The second-order valence-corrected chi connectivity index (χ2v) is 4.74. The lowest BCUT2D eigenvalue weighted by molar-refractivity contribution is 0.0648. The van der Waals surface area contributed by atoms with Gasteiger partial charge < -0.3 is 10.2 Å².